The zero-order valence-corrected chi connectivity index (χ0v) is 19.5. The number of benzene rings is 2. The lowest BCUT2D eigenvalue weighted by atomic mass is 9.86. The first-order chi connectivity index (χ1) is 14.9. The average Bonchev–Trinajstić information content (AvgIpc) is 2.67. The molecule has 0 saturated heterocycles. The largest absolute Gasteiger partial charge is 0.461 e. The van der Waals surface area contributed by atoms with Crippen LogP contribution in [0.3, 0.4) is 0 Å². The van der Waals surface area contributed by atoms with E-state index in [1.165, 1.54) is 24.3 Å². The minimum atomic E-state index is -0.672. The molecule has 32 heavy (non-hydrogen) atoms. The van der Waals surface area contributed by atoms with Gasteiger partial charge in [-0.1, -0.05) is 38.1 Å². The van der Waals surface area contributed by atoms with Gasteiger partial charge in [0.25, 0.3) is 0 Å². The van der Waals surface area contributed by atoms with E-state index in [2.05, 4.69) is 0 Å². The zero-order valence-electron chi connectivity index (χ0n) is 19.5. The van der Waals surface area contributed by atoms with E-state index in [0.29, 0.717) is 0 Å². The van der Waals surface area contributed by atoms with E-state index in [1.54, 1.807) is 52.0 Å². The summed E-state index contributed by atoms with van der Waals surface area (Å²) in [6.45, 7) is 10.7. The highest BCUT2D eigenvalue weighted by Gasteiger charge is 2.32. The van der Waals surface area contributed by atoms with Crippen molar-refractivity contribution in [3.8, 4) is 0 Å². The van der Waals surface area contributed by atoms with Crippen molar-refractivity contribution in [1.82, 2.24) is 0 Å². The number of rotatable bonds is 8. The lowest BCUT2D eigenvalue weighted by Gasteiger charge is -2.28. The molecule has 0 heterocycles. The smallest absolute Gasteiger partial charge is 0.310 e. The predicted molar refractivity (Wildman–Crippen MR) is 119 cm³/mol. The SMILES string of the molecule is CC(C)[C@H](CC(=O)OC(C)(C)C)C(=O)O[C@@H](C)C(c1ccc(F)cc1)c1ccc(F)cc1. The van der Waals surface area contributed by atoms with Gasteiger partial charge in [0.2, 0.25) is 0 Å². The number of hydrogen-bond donors (Lipinski definition) is 0. The van der Waals surface area contributed by atoms with Crippen LogP contribution in [0.5, 0.6) is 0 Å². The molecule has 0 spiro atoms. The van der Waals surface area contributed by atoms with E-state index < -0.39 is 35.5 Å². The predicted octanol–water partition coefficient (Wildman–Crippen LogP) is 6.03. The topological polar surface area (TPSA) is 52.6 Å². The summed E-state index contributed by atoms with van der Waals surface area (Å²) in [7, 11) is 0. The van der Waals surface area contributed by atoms with Gasteiger partial charge in [0, 0.05) is 5.92 Å². The normalized spacial score (nSPS) is 13.7. The minimum Gasteiger partial charge on any atom is -0.461 e. The number of halogens is 2. The minimum absolute atomic E-state index is 0.0851. The highest BCUT2D eigenvalue weighted by Crippen LogP contribution is 2.32. The Morgan fingerprint density at radius 2 is 1.28 bits per heavy atom. The zero-order chi connectivity index (χ0) is 24.1. The molecule has 0 radical (unpaired) electrons. The Kier molecular flexibility index (Phi) is 8.53. The summed E-state index contributed by atoms with van der Waals surface area (Å²) < 4.78 is 38.1. The summed E-state index contributed by atoms with van der Waals surface area (Å²) in [6, 6.07) is 11.8. The molecule has 0 aliphatic rings. The van der Waals surface area contributed by atoms with Crippen LogP contribution >= 0.6 is 0 Å². The van der Waals surface area contributed by atoms with Gasteiger partial charge in [-0.3, -0.25) is 9.59 Å². The fourth-order valence-corrected chi connectivity index (χ4v) is 3.57. The van der Waals surface area contributed by atoms with Crippen molar-refractivity contribution in [1.29, 1.82) is 0 Å². The highest BCUT2D eigenvalue weighted by atomic mass is 19.1. The third-order valence-corrected chi connectivity index (χ3v) is 5.14. The van der Waals surface area contributed by atoms with Crippen LogP contribution in [-0.4, -0.2) is 23.6 Å². The van der Waals surface area contributed by atoms with Crippen LogP contribution in [0.1, 0.15) is 65.0 Å². The number of esters is 2. The van der Waals surface area contributed by atoms with Crippen molar-refractivity contribution in [3.63, 3.8) is 0 Å². The maximum atomic E-state index is 13.5. The van der Waals surface area contributed by atoms with Crippen LogP contribution in [-0.2, 0) is 19.1 Å². The second-order valence-corrected chi connectivity index (χ2v) is 9.36. The van der Waals surface area contributed by atoms with Gasteiger partial charge < -0.3 is 9.47 Å². The first-order valence-corrected chi connectivity index (χ1v) is 10.8. The Balaban J connectivity index is 2.25. The van der Waals surface area contributed by atoms with Crippen molar-refractivity contribution in [2.45, 2.75) is 65.6 Å². The molecule has 2 aromatic rings. The summed E-state index contributed by atoms with van der Waals surface area (Å²) in [5.74, 6) is -2.98. The molecule has 0 bridgehead atoms. The van der Waals surface area contributed by atoms with E-state index in [9.17, 15) is 18.4 Å². The van der Waals surface area contributed by atoms with Crippen molar-refractivity contribution < 1.29 is 27.8 Å². The average molecular weight is 447 g/mol. The van der Waals surface area contributed by atoms with E-state index in [1.807, 2.05) is 13.8 Å². The fraction of sp³-hybridized carbons (Fsp3) is 0.462. The maximum Gasteiger partial charge on any atom is 0.310 e. The van der Waals surface area contributed by atoms with Crippen LogP contribution < -0.4 is 0 Å². The molecule has 0 amide bonds. The first kappa shape index (κ1) is 25.5. The fourth-order valence-electron chi connectivity index (χ4n) is 3.57. The van der Waals surface area contributed by atoms with Crippen molar-refractivity contribution in [2.75, 3.05) is 0 Å². The molecule has 2 atom stereocenters. The van der Waals surface area contributed by atoms with Gasteiger partial charge in [-0.2, -0.15) is 0 Å². The second-order valence-electron chi connectivity index (χ2n) is 9.36. The van der Waals surface area contributed by atoms with E-state index in [-0.39, 0.29) is 24.0 Å². The number of hydrogen-bond acceptors (Lipinski definition) is 4. The molecule has 174 valence electrons. The number of carbonyl (C=O) groups excluding carboxylic acids is 2. The van der Waals surface area contributed by atoms with Crippen molar-refractivity contribution >= 4 is 11.9 Å². The molecule has 2 aromatic carbocycles. The Labute approximate surface area is 188 Å². The molecule has 0 N–H and O–H groups in total. The molecule has 0 aliphatic heterocycles. The van der Waals surface area contributed by atoms with E-state index in [4.69, 9.17) is 9.47 Å². The number of ether oxygens (including phenoxy) is 2. The molecule has 4 nitrogen and oxygen atoms in total. The number of carbonyl (C=O) groups is 2. The molecule has 0 saturated carbocycles. The Morgan fingerprint density at radius 1 is 0.844 bits per heavy atom. The van der Waals surface area contributed by atoms with Crippen LogP contribution in [0, 0.1) is 23.5 Å². The van der Waals surface area contributed by atoms with Crippen LogP contribution in [0.25, 0.3) is 0 Å². The van der Waals surface area contributed by atoms with Gasteiger partial charge >= 0.3 is 11.9 Å². The van der Waals surface area contributed by atoms with E-state index >= 15 is 0 Å². The molecule has 0 aromatic heterocycles. The highest BCUT2D eigenvalue weighted by molar-refractivity contribution is 5.80. The lowest BCUT2D eigenvalue weighted by Crippen LogP contribution is -2.33. The molecule has 0 fully saturated rings. The summed E-state index contributed by atoms with van der Waals surface area (Å²) in [6.07, 6.45) is -0.726. The van der Waals surface area contributed by atoms with Gasteiger partial charge in [-0.25, -0.2) is 8.78 Å². The molecule has 0 aliphatic carbocycles. The van der Waals surface area contributed by atoms with Gasteiger partial charge in [0.15, 0.2) is 0 Å². The Hall–Kier alpha value is -2.76. The van der Waals surface area contributed by atoms with Crippen LogP contribution in [0.15, 0.2) is 48.5 Å². The Bertz CT molecular complexity index is 853. The molecular formula is C26H32F2O4. The molecule has 0 unspecified atom stereocenters. The van der Waals surface area contributed by atoms with Gasteiger partial charge in [-0.05, 0) is 69.0 Å². The van der Waals surface area contributed by atoms with Crippen molar-refractivity contribution in [2.24, 2.45) is 11.8 Å². The van der Waals surface area contributed by atoms with Gasteiger partial charge in [0.1, 0.15) is 23.3 Å². The standard InChI is InChI=1S/C26H32F2O4/c1-16(2)22(15-23(29)32-26(4,5)6)25(30)31-17(3)24(18-7-11-20(27)12-8-18)19-9-13-21(28)14-10-19/h7-14,16-17,22,24H,15H2,1-6H3/t17-,22-/m0/s1. The molecular weight excluding hydrogens is 414 g/mol. The second kappa shape index (κ2) is 10.7. The lowest BCUT2D eigenvalue weighted by molar-refractivity contribution is -0.165. The van der Waals surface area contributed by atoms with Crippen LogP contribution in [0.2, 0.25) is 0 Å². The van der Waals surface area contributed by atoms with Crippen LogP contribution in [0.4, 0.5) is 8.78 Å². The monoisotopic (exact) mass is 446 g/mol. The quantitative estimate of drug-likeness (QED) is 0.465. The van der Waals surface area contributed by atoms with Crippen molar-refractivity contribution in [3.05, 3.63) is 71.3 Å². The third-order valence-electron chi connectivity index (χ3n) is 5.14. The Morgan fingerprint density at radius 3 is 1.66 bits per heavy atom. The van der Waals surface area contributed by atoms with E-state index in [0.717, 1.165) is 11.1 Å². The molecule has 6 heteroatoms. The van der Waals surface area contributed by atoms with Gasteiger partial charge in [0.05, 0.1) is 12.3 Å². The summed E-state index contributed by atoms with van der Waals surface area (Å²) in [5.41, 5.74) is 0.810. The summed E-state index contributed by atoms with van der Waals surface area (Å²) >= 11 is 0. The van der Waals surface area contributed by atoms with Gasteiger partial charge in [-0.15, -0.1) is 0 Å². The first-order valence-electron chi connectivity index (χ1n) is 10.8. The molecule has 2 rings (SSSR count). The maximum absolute atomic E-state index is 13.5. The summed E-state index contributed by atoms with van der Waals surface area (Å²) in [4.78, 5) is 25.3. The summed E-state index contributed by atoms with van der Waals surface area (Å²) in [5, 5.41) is 0. The third kappa shape index (κ3) is 7.43.